The summed E-state index contributed by atoms with van der Waals surface area (Å²) in [6, 6.07) is 7.81. The number of aliphatic hydroxyl groups is 1. The van der Waals surface area contributed by atoms with Crippen LogP contribution < -0.4 is 5.73 Å². The molecule has 0 fully saturated rings. The predicted molar refractivity (Wildman–Crippen MR) is 53.9 cm³/mol. The third-order valence-corrected chi connectivity index (χ3v) is 1.73. The molecule has 13 heavy (non-hydrogen) atoms. The first-order valence-electron chi connectivity index (χ1n) is 4.22. The topological polar surface area (TPSA) is 58.6 Å². The number of nitrogens with zero attached hydrogens (tertiary/aromatic N) is 1. The van der Waals surface area contributed by atoms with Gasteiger partial charge < -0.3 is 10.8 Å². The third kappa shape index (κ3) is 2.87. The van der Waals surface area contributed by atoms with Gasteiger partial charge in [0.25, 0.3) is 0 Å². The Morgan fingerprint density at radius 2 is 2.00 bits per heavy atom. The zero-order valence-electron chi connectivity index (χ0n) is 7.70. The molecule has 3 heteroatoms. The van der Waals surface area contributed by atoms with E-state index in [4.69, 9.17) is 10.8 Å². The molecule has 0 unspecified atom stereocenters. The van der Waals surface area contributed by atoms with Crippen molar-refractivity contribution in [2.45, 2.75) is 6.92 Å². The fourth-order valence-electron chi connectivity index (χ4n) is 0.986. The number of benzene rings is 1. The highest BCUT2D eigenvalue weighted by atomic mass is 16.3. The van der Waals surface area contributed by atoms with E-state index in [9.17, 15) is 0 Å². The van der Waals surface area contributed by atoms with Gasteiger partial charge in [-0.25, -0.2) is 0 Å². The Morgan fingerprint density at radius 3 is 2.54 bits per heavy atom. The number of hydrogen-bond donors (Lipinski definition) is 2. The summed E-state index contributed by atoms with van der Waals surface area (Å²) in [6.07, 6.45) is 0. The molecule has 0 saturated carbocycles. The van der Waals surface area contributed by atoms with Crippen LogP contribution >= 0.6 is 0 Å². The number of hydrogen-bond acceptors (Lipinski definition) is 2. The Kier molecular flexibility index (Phi) is 3.46. The fourth-order valence-corrected chi connectivity index (χ4v) is 0.986. The highest BCUT2D eigenvalue weighted by Crippen LogP contribution is 2.02. The first kappa shape index (κ1) is 9.74. The Balaban J connectivity index is 2.77. The van der Waals surface area contributed by atoms with Gasteiger partial charge in [-0.2, -0.15) is 0 Å². The smallest absolute Gasteiger partial charge is 0.125 e. The van der Waals surface area contributed by atoms with Gasteiger partial charge >= 0.3 is 0 Å². The normalized spacial score (nSPS) is 11.7. The summed E-state index contributed by atoms with van der Waals surface area (Å²) in [7, 11) is 0. The summed E-state index contributed by atoms with van der Waals surface area (Å²) in [5, 5.41) is 8.54. The minimum absolute atomic E-state index is 0.0343. The Morgan fingerprint density at radius 1 is 1.38 bits per heavy atom. The van der Waals surface area contributed by atoms with Crippen LogP contribution in [-0.4, -0.2) is 24.1 Å². The number of aryl methyl sites for hydroxylation is 1. The quantitative estimate of drug-likeness (QED) is 0.528. The zero-order valence-corrected chi connectivity index (χ0v) is 7.70. The maximum absolute atomic E-state index is 8.54. The van der Waals surface area contributed by atoms with E-state index in [0.29, 0.717) is 12.4 Å². The lowest BCUT2D eigenvalue weighted by atomic mass is 10.1. The molecule has 1 aromatic carbocycles. The summed E-state index contributed by atoms with van der Waals surface area (Å²) in [4.78, 5) is 3.99. The van der Waals surface area contributed by atoms with Crippen molar-refractivity contribution in [2.75, 3.05) is 13.2 Å². The number of amidine groups is 1. The second-order valence-electron chi connectivity index (χ2n) is 2.86. The second kappa shape index (κ2) is 4.62. The maximum Gasteiger partial charge on any atom is 0.125 e. The van der Waals surface area contributed by atoms with Crippen LogP contribution in [0.5, 0.6) is 0 Å². The average molecular weight is 178 g/mol. The van der Waals surface area contributed by atoms with Gasteiger partial charge in [0.05, 0.1) is 13.2 Å². The third-order valence-electron chi connectivity index (χ3n) is 1.73. The first-order chi connectivity index (χ1) is 6.24. The van der Waals surface area contributed by atoms with E-state index in [-0.39, 0.29) is 6.61 Å². The highest BCUT2D eigenvalue weighted by Gasteiger charge is 1.95. The highest BCUT2D eigenvalue weighted by molar-refractivity contribution is 5.97. The monoisotopic (exact) mass is 178 g/mol. The van der Waals surface area contributed by atoms with Crippen LogP contribution in [0.2, 0.25) is 0 Å². The van der Waals surface area contributed by atoms with Gasteiger partial charge in [-0.15, -0.1) is 0 Å². The van der Waals surface area contributed by atoms with Crippen molar-refractivity contribution in [3.8, 4) is 0 Å². The minimum Gasteiger partial charge on any atom is -0.394 e. The van der Waals surface area contributed by atoms with Crippen LogP contribution in [0, 0.1) is 6.92 Å². The van der Waals surface area contributed by atoms with Gasteiger partial charge in [0.1, 0.15) is 5.84 Å². The lowest BCUT2D eigenvalue weighted by molar-refractivity contribution is 0.307. The van der Waals surface area contributed by atoms with Gasteiger partial charge in [0, 0.05) is 5.56 Å². The van der Waals surface area contributed by atoms with Gasteiger partial charge in [-0.3, -0.25) is 4.99 Å². The van der Waals surface area contributed by atoms with E-state index in [2.05, 4.69) is 4.99 Å². The van der Waals surface area contributed by atoms with Crippen molar-refractivity contribution in [3.63, 3.8) is 0 Å². The second-order valence-corrected chi connectivity index (χ2v) is 2.86. The SMILES string of the molecule is Cc1ccc(C(N)=NCCO)cc1. The number of nitrogens with two attached hydrogens (primary N) is 1. The fraction of sp³-hybridized carbons (Fsp3) is 0.300. The number of aliphatic imine (C=N–C) groups is 1. The van der Waals surface area contributed by atoms with E-state index in [1.165, 1.54) is 5.56 Å². The molecule has 0 aliphatic carbocycles. The van der Waals surface area contributed by atoms with E-state index < -0.39 is 0 Å². The molecule has 0 atom stereocenters. The van der Waals surface area contributed by atoms with E-state index >= 15 is 0 Å². The van der Waals surface area contributed by atoms with Crippen LogP contribution in [0.3, 0.4) is 0 Å². The van der Waals surface area contributed by atoms with Crippen molar-refractivity contribution < 1.29 is 5.11 Å². The Hall–Kier alpha value is -1.35. The number of rotatable bonds is 3. The van der Waals surface area contributed by atoms with E-state index in [0.717, 1.165) is 5.56 Å². The summed E-state index contributed by atoms with van der Waals surface area (Å²) in [5.74, 6) is 0.481. The molecule has 70 valence electrons. The molecule has 0 bridgehead atoms. The van der Waals surface area contributed by atoms with Crippen LogP contribution in [0.25, 0.3) is 0 Å². The van der Waals surface area contributed by atoms with Crippen LogP contribution in [0.15, 0.2) is 29.3 Å². The summed E-state index contributed by atoms with van der Waals surface area (Å²) in [5.41, 5.74) is 7.77. The molecule has 0 aliphatic heterocycles. The van der Waals surface area contributed by atoms with Crippen molar-refractivity contribution in [1.29, 1.82) is 0 Å². The summed E-state index contributed by atoms with van der Waals surface area (Å²) in [6.45, 7) is 2.41. The molecule has 1 aromatic rings. The Bertz CT molecular complexity index is 290. The minimum atomic E-state index is 0.0343. The molecule has 0 amide bonds. The van der Waals surface area contributed by atoms with Crippen LogP contribution in [-0.2, 0) is 0 Å². The van der Waals surface area contributed by atoms with Crippen molar-refractivity contribution in [1.82, 2.24) is 0 Å². The van der Waals surface area contributed by atoms with Gasteiger partial charge in [-0.1, -0.05) is 29.8 Å². The molecule has 0 aromatic heterocycles. The molecular formula is C10H14N2O. The molecule has 0 heterocycles. The summed E-state index contributed by atoms with van der Waals surface area (Å²) < 4.78 is 0. The van der Waals surface area contributed by atoms with Gasteiger partial charge in [0.15, 0.2) is 0 Å². The predicted octanol–water partition coefficient (Wildman–Crippen LogP) is 0.693. The van der Waals surface area contributed by atoms with E-state index in [1.54, 1.807) is 0 Å². The molecule has 3 N–H and O–H groups in total. The van der Waals surface area contributed by atoms with Crippen molar-refractivity contribution in [2.24, 2.45) is 10.7 Å². The molecule has 0 saturated heterocycles. The zero-order chi connectivity index (χ0) is 9.68. The molecule has 0 aliphatic rings. The Labute approximate surface area is 77.9 Å². The average Bonchev–Trinajstić information content (AvgIpc) is 2.15. The van der Waals surface area contributed by atoms with Crippen LogP contribution in [0.1, 0.15) is 11.1 Å². The summed E-state index contributed by atoms with van der Waals surface area (Å²) >= 11 is 0. The molecule has 1 rings (SSSR count). The van der Waals surface area contributed by atoms with E-state index in [1.807, 2.05) is 31.2 Å². The van der Waals surface area contributed by atoms with Gasteiger partial charge in [0.2, 0.25) is 0 Å². The van der Waals surface area contributed by atoms with Crippen LogP contribution in [0.4, 0.5) is 0 Å². The lowest BCUT2D eigenvalue weighted by Crippen LogP contribution is -2.14. The molecule has 3 nitrogen and oxygen atoms in total. The van der Waals surface area contributed by atoms with Gasteiger partial charge in [-0.05, 0) is 6.92 Å². The van der Waals surface area contributed by atoms with Crippen molar-refractivity contribution in [3.05, 3.63) is 35.4 Å². The standard InChI is InChI=1S/C10H14N2O/c1-8-2-4-9(5-3-8)10(11)12-6-7-13/h2-5,13H,6-7H2,1H3,(H2,11,12). The molecule has 0 radical (unpaired) electrons. The van der Waals surface area contributed by atoms with Crippen molar-refractivity contribution >= 4 is 5.84 Å². The number of aliphatic hydroxyl groups excluding tert-OH is 1. The molecular weight excluding hydrogens is 164 g/mol. The lowest BCUT2D eigenvalue weighted by Gasteiger charge is -2.00. The molecule has 0 spiro atoms. The largest absolute Gasteiger partial charge is 0.394 e. The first-order valence-corrected chi connectivity index (χ1v) is 4.22. The maximum atomic E-state index is 8.54.